The topological polar surface area (TPSA) is 69.7 Å². The van der Waals surface area contributed by atoms with Gasteiger partial charge in [0.15, 0.2) is 0 Å². The maximum atomic E-state index is 12.1. The predicted octanol–water partition coefficient (Wildman–Crippen LogP) is 4.18. The van der Waals surface area contributed by atoms with Crippen LogP contribution in [-0.2, 0) is 29.3 Å². The van der Waals surface area contributed by atoms with Crippen molar-refractivity contribution in [1.82, 2.24) is 0 Å². The summed E-state index contributed by atoms with van der Waals surface area (Å²) in [5.74, 6) is -2.39. The number of hydrogen-bond acceptors (Lipinski definition) is 5. The molecule has 0 N–H and O–H groups in total. The lowest BCUT2D eigenvalue weighted by atomic mass is 9.72. The first-order chi connectivity index (χ1) is 13.9. The van der Waals surface area contributed by atoms with Crippen LogP contribution in [0.15, 0.2) is 72.8 Å². The minimum absolute atomic E-state index is 0.00343. The summed E-state index contributed by atoms with van der Waals surface area (Å²) in [6.45, 7) is 5.20. The van der Waals surface area contributed by atoms with E-state index in [0.29, 0.717) is 0 Å². The summed E-state index contributed by atoms with van der Waals surface area (Å²) in [6, 6.07) is 18.9. The summed E-state index contributed by atoms with van der Waals surface area (Å²) in [6.07, 6.45) is 0.204. The molecule has 5 nitrogen and oxygen atoms in total. The molecule has 0 saturated heterocycles. The molecule has 2 rings (SSSR count). The molecule has 0 aromatic heterocycles. The maximum Gasteiger partial charge on any atom is 0.333 e. The van der Waals surface area contributed by atoms with Gasteiger partial charge in [0.2, 0.25) is 0 Å². The minimum Gasteiger partial charge on any atom is -0.461 e. The van der Waals surface area contributed by atoms with Crippen LogP contribution in [-0.4, -0.2) is 30.4 Å². The molecule has 0 unspecified atom stereocenters. The molecule has 0 spiro atoms. The van der Waals surface area contributed by atoms with E-state index in [9.17, 15) is 14.4 Å². The van der Waals surface area contributed by atoms with Crippen LogP contribution in [0.2, 0.25) is 0 Å². The highest BCUT2D eigenvalue weighted by Crippen LogP contribution is 2.37. The van der Waals surface area contributed by atoms with Crippen LogP contribution >= 0.6 is 11.6 Å². The lowest BCUT2D eigenvalue weighted by Crippen LogP contribution is -2.35. The van der Waals surface area contributed by atoms with Gasteiger partial charge in [-0.3, -0.25) is 9.59 Å². The molecule has 0 heterocycles. The lowest BCUT2D eigenvalue weighted by molar-refractivity contribution is -0.158. The van der Waals surface area contributed by atoms with Gasteiger partial charge in [0.1, 0.15) is 12.5 Å². The first kappa shape index (κ1) is 22.4. The van der Waals surface area contributed by atoms with Crippen molar-refractivity contribution in [1.29, 1.82) is 0 Å². The third-order valence-corrected chi connectivity index (χ3v) is 4.76. The second kappa shape index (κ2) is 10.6. The van der Waals surface area contributed by atoms with E-state index in [1.54, 1.807) is 6.92 Å². The standard InChI is InChI=1S/C23H23ClO5/c1-17(2)22(27)28-16-23(18-9-5-3-6-10-18,19-11-7-4-8-12-19)14-13-20(25)29-21(26)15-24/h3-12H,1,13-16H2,2H3. The molecular formula is C23H23ClO5. The van der Waals surface area contributed by atoms with E-state index in [1.807, 2.05) is 60.7 Å². The van der Waals surface area contributed by atoms with Gasteiger partial charge in [0.25, 0.3) is 0 Å². The van der Waals surface area contributed by atoms with E-state index in [0.717, 1.165) is 11.1 Å². The number of benzene rings is 2. The maximum absolute atomic E-state index is 12.1. The van der Waals surface area contributed by atoms with Gasteiger partial charge in [-0.2, -0.15) is 0 Å². The third kappa shape index (κ3) is 6.03. The molecule has 0 aliphatic rings. The Kier molecular flexibility index (Phi) is 8.16. The Morgan fingerprint density at radius 2 is 1.45 bits per heavy atom. The van der Waals surface area contributed by atoms with E-state index < -0.39 is 29.2 Å². The number of rotatable bonds is 9. The fourth-order valence-corrected chi connectivity index (χ4v) is 3.10. The van der Waals surface area contributed by atoms with Gasteiger partial charge in [0, 0.05) is 12.0 Å². The smallest absolute Gasteiger partial charge is 0.333 e. The van der Waals surface area contributed by atoms with Gasteiger partial charge < -0.3 is 9.47 Å². The second-order valence-electron chi connectivity index (χ2n) is 6.65. The molecule has 0 fully saturated rings. The van der Waals surface area contributed by atoms with E-state index in [-0.39, 0.29) is 25.0 Å². The van der Waals surface area contributed by atoms with Gasteiger partial charge in [-0.25, -0.2) is 4.79 Å². The van der Waals surface area contributed by atoms with Gasteiger partial charge in [0.05, 0.1) is 5.41 Å². The molecular weight excluding hydrogens is 392 g/mol. The average Bonchev–Trinajstić information content (AvgIpc) is 2.75. The van der Waals surface area contributed by atoms with Crippen molar-refractivity contribution in [3.63, 3.8) is 0 Å². The summed E-state index contributed by atoms with van der Waals surface area (Å²) in [5, 5.41) is 0. The highest BCUT2D eigenvalue weighted by Gasteiger charge is 2.36. The molecule has 2 aromatic carbocycles. The SMILES string of the molecule is C=C(C)C(=O)OCC(CCC(=O)OC(=O)CCl)(c1ccccc1)c1ccccc1. The number of esters is 3. The molecule has 152 valence electrons. The largest absolute Gasteiger partial charge is 0.461 e. The Labute approximate surface area is 175 Å². The normalized spacial score (nSPS) is 10.8. The van der Waals surface area contributed by atoms with Crippen molar-refractivity contribution in [3.05, 3.63) is 83.9 Å². The van der Waals surface area contributed by atoms with Crippen LogP contribution in [0.5, 0.6) is 0 Å². The fourth-order valence-electron chi connectivity index (χ4n) is 3.04. The summed E-state index contributed by atoms with van der Waals surface area (Å²) in [5.41, 5.74) is 1.22. The van der Waals surface area contributed by atoms with Crippen molar-refractivity contribution < 1.29 is 23.9 Å². The third-order valence-electron chi connectivity index (χ3n) is 4.54. The molecule has 2 aromatic rings. The first-order valence-corrected chi connectivity index (χ1v) is 9.65. The molecule has 0 amide bonds. The van der Waals surface area contributed by atoms with Crippen molar-refractivity contribution in [2.45, 2.75) is 25.2 Å². The van der Waals surface area contributed by atoms with Crippen molar-refractivity contribution in [3.8, 4) is 0 Å². The van der Waals surface area contributed by atoms with Crippen LogP contribution in [0.1, 0.15) is 30.9 Å². The van der Waals surface area contributed by atoms with E-state index in [4.69, 9.17) is 21.1 Å². The van der Waals surface area contributed by atoms with E-state index in [1.165, 1.54) is 0 Å². The van der Waals surface area contributed by atoms with E-state index in [2.05, 4.69) is 6.58 Å². The zero-order valence-corrected chi connectivity index (χ0v) is 17.0. The monoisotopic (exact) mass is 414 g/mol. The summed E-state index contributed by atoms with van der Waals surface area (Å²) >= 11 is 5.40. The minimum atomic E-state index is -0.809. The van der Waals surface area contributed by atoms with Gasteiger partial charge >= 0.3 is 17.9 Å². The summed E-state index contributed by atoms with van der Waals surface area (Å²) < 4.78 is 10.2. The quantitative estimate of drug-likeness (QED) is 0.266. The van der Waals surface area contributed by atoms with E-state index >= 15 is 0 Å². The summed E-state index contributed by atoms with van der Waals surface area (Å²) in [4.78, 5) is 35.6. The molecule has 0 bridgehead atoms. The van der Waals surface area contributed by atoms with Crippen molar-refractivity contribution in [2.24, 2.45) is 0 Å². The Balaban J connectivity index is 2.42. The van der Waals surface area contributed by atoms with Crippen LogP contribution in [0, 0.1) is 0 Å². The average molecular weight is 415 g/mol. The zero-order chi connectivity index (χ0) is 21.3. The van der Waals surface area contributed by atoms with Crippen LogP contribution in [0.3, 0.4) is 0 Å². The second-order valence-corrected chi connectivity index (χ2v) is 6.92. The lowest BCUT2D eigenvalue weighted by Gasteiger charge is -2.34. The number of ether oxygens (including phenoxy) is 2. The van der Waals surface area contributed by atoms with Crippen LogP contribution in [0.4, 0.5) is 0 Å². The molecule has 0 atom stereocenters. The fraction of sp³-hybridized carbons (Fsp3) is 0.261. The number of carbonyl (C=O) groups excluding carboxylic acids is 3. The highest BCUT2D eigenvalue weighted by molar-refractivity contribution is 6.27. The Morgan fingerprint density at radius 3 is 1.90 bits per heavy atom. The molecule has 6 heteroatoms. The van der Waals surface area contributed by atoms with Crippen molar-refractivity contribution >= 4 is 29.5 Å². The van der Waals surface area contributed by atoms with Gasteiger partial charge in [-0.15, -0.1) is 11.6 Å². The van der Waals surface area contributed by atoms with Crippen LogP contribution in [0.25, 0.3) is 0 Å². The van der Waals surface area contributed by atoms with Gasteiger partial charge in [-0.05, 0) is 24.5 Å². The Morgan fingerprint density at radius 1 is 0.931 bits per heavy atom. The molecule has 0 radical (unpaired) electrons. The Hall–Kier alpha value is -2.92. The molecule has 0 saturated carbocycles. The number of carbonyl (C=O) groups is 3. The number of halogens is 1. The first-order valence-electron chi connectivity index (χ1n) is 9.12. The molecule has 29 heavy (non-hydrogen) atoms. The summed E-state index contributed by atoms with van der Waals surface area (Å²) in [7, 11) is 0. The zero-order valence-electron chi connectivity index (χ0n) is 16.2. The number of hydrogen-bond donors (Lipinski definition) is 0. The van der Waals surface area contributed by atoms with Gasteiger partial charge in [-0.1, -0.05) is 67.2 Å². The molecule has 0 aliphatic heterocycles. The predicted molar refractivity (Wildman–Crippen MR) is 110 cm³/mol. The highest BCUT2D eigenvalue weighted by atomic mass is 35.5. The van der Waals surface area contributed by atoms with Crippen LogP contribution < -0.4 is 0 Å². The van der Waals surface area contributed by atoms with Crippen molar-refractivity contribution in [2.75, 3.05) is 12.5 Å². The number of alkyl halides is 1. The molecule has 0 aliphatic carbocycles. The Bertz CT molecular complexity index is 822.